The van der Waals surface area contributed by atoms with Crippen LogP contribution in [0.5, 0.6) is 0 Å². The lowest BCUT2D eigenvalue weighted by molar-refractivity contribution is 0.0601. The number of amides is 4. The summed E-state index contributed by atoms with van der Waals surface area (Å²) < 4.78 is 9.88. The van der Waals surface area contributed by atoms with Crippen molar-refractivity contribution in [3.8, 4) is 0 Å². The van der Waals surface area contributed by atoms with Crippen LogP contribution in [0.3, 0.4) is 0 Å². The molecule has 202 valence electrons. The Morgan fingerprint density at radius 1 is 0.974 bits per heavy atom. The maximum atomic E-state index is 13.2. The summed E-state index contributed by atoms with van der Waals surface area (Å²) in [5.41, 5.74) is 2.37. The van der Waals surface area contributed by atoms with E-state index in [1.54, 1.807) is 54.6 Å². The maximum Gasteiger partial charge on any atom is 0.431 e. The molecule has 0 aromatic heterocycles. The van der Waals surface area contributed by atoms with E-state index in [0.29, 0.717) is 45.4 Å². The van der Waals surface area contributed by atoms with E-state index >= 15 is 0 Å². The second-order valence-electron chi connectivity index (χ2n) is 9.04. The van der Waals surface area contributed by atoms with Crippen LogP contribution in [0.4, 0.5) is 21.0 Å². The van der Waals surface area contributed by atoms with Gasteiger partial charge in [-0.2, -0.15) is 5.01 Å². The van der Waals surface area contributed by atoms with E-state index in [-0.39, 0.29) is 19.1 Å². The van der Waals surface area contributed by atoms with Crippen molar-refractivity contribution in [2.24, 2.45) is 10.3 Å². The van der Waals surface area contributed by atoms with Crippen LogP contribution >= 0.6 is 0 Å². The lowest BCUT2D eigenvalue weighted by Crippen LogP contribution is -2.43. The zero-order valence-corrected chi connectivity index (χ0v) is 22.0. The summed E-state index contributed by atoms with van der Waals surface area (Å²) >= 11 is 0. The number of hydrogen-bond donors (Lipinski definition) is 1. The van der Waals surface area contributed by atoms with Gasteiger partial charge >= 0.3 is 12.2 Å². The van der Waals surface area contributed by atoms with Crippen LogP contribution in [0.25, 0.3) is 10.8 Å². The third-order valence-corrected chi connectivity index (χ3v) is 5.98. The lowest BCUT2D eigenvalue weighted by Gasteiger charge is -2.28. The molecule has 0 saturated carbocycles. The second-order valence-corrected chi connectivity index (χ2v) is 9.04. The van der Waals surface area contributed by atoms with Gasteiger partial charge in [0, 0.05) is 36.8 Å². The number of nitrogens with one attached hydrogen (secondary N) is 1. The number of carbonyl (C=O) groups is 4. The molecule has 12 nitrogen and oxygen atoms in total. The molecule has 1 aliphatic heterocycles. The van der Waals surface area contributed by atoms with Gasteiger partial charge in [0.2, 0.25) is 0 Å². The molecule has 0 bridgehead atoms. The Morgan fingerprint density at radius 3 is 2.38 bits per heavy atom. The Labute approximate surface area is 224 Å². The van der Waals surface area contributed by atoms with Crippen LogP contribution in [0.1, 0.15) is 26.3 Å². The first-order chi connectivity index (χ1) is 18.7. The minimum Gasteiger partial charge on any atom is -0.451 e. The fourth-order valence-corrected chi connectivity index (χ4v) is 3.98. The van der Waals surface area contributed by atoms with Gasteiger partial charge in [-0.15, -0.1) is 5.11 Å². The molecule has 4 amide bonds. The number of likely N-dealkylation sites (N-methyl/N-ethyl adjacent to an activating group) is 1. The molecule has 0 spiro atoms. The highest BCUT2D eigenvalue weighted by Gasteiger charge is 2.33. The molecule has 12 heteroatoms. The van der Waals surface area contributed by atoms with E-state index in [1.165, 1.54) is 19.1 Å². The van der Waals surface area contributed by atoms with Gasteiger partial charge in [0.05, 0.1) is 18.4 Å². The lowest BCUT2D eigenvalue weighted by atomic mass is 9.93. The molecule has 0 radical (unpaired) electrons. The van der Waals surface area contributed by atoms with E-state index in [2.05, 4.69) is 20.4 Å². The monoisotopic (exact) mass is 532 g/mol. The first-order valence-electron chi connectivity index (χ1n) is 12.0. The Hall–Kier alpha value is -4.84. The highest BCUT2D eigenvalue weighted by molar-refractivity contribution is 6.26. The van der Waals surface area contributed by atoms with Crippen LogP contribution < -0.4 is 5.32 Å². The molecule has 1 N–H and O–H groups in total. The van der Waals surface area contributed by atoms with Gasteiger partial charge in [-0.1, -0.05) is 29.5 Å². The van der Waals surface area contributed by atoms with Gasteiger partial charge in [-0.05, 0) is 55.4 Å². The van der Waals surface area contributed by atoms with Crippen molar-refractivity contribution < 1.29 is 28.7 Å². The van der Waals surface area contributed by atoms with Gasteiger partial charge in [0.1, 0.15) is 6.61 Å². The van der Waals surface area contributed by atoms with Gasteiger partial charge in [0.15, 0.2) is 0 Å². The molecule has 39 heavy (non-hydrogen) atoms. The fourth-order valence-electron chi connectivity index (χ4n) is 3.98. The molecular weight excluding hydrogens is 504 g/mol. The largest absolute Gasteiger partial charge is 0.451 e. The van der Waals surface area contributed by atoms with E-state index in [9.17, 15) is 19.2 Å². The topological polar surface area (TPSA) is 133 Å². The minimum atomic E-state index is -0.704. The van der Waals surface area contributed by atoms with Crippen LogP contribution in [0, 0.1) is 0 Å². The highest BCUT2D eigenvalue weighted by atomic mass is 16.6. The van der Waals surface area contributed by atoms with E-state index < -0.39 is 18.1 Å². The van der Waals surface area contributed by atoms with Crippen molar-refractivity contribution in [3.05, 3.63) is 71.3 Å². The smallest absolute Gasteiger partial charge is 0.431 e. The second kappa shape index (κ2) is 11.7. The molecule has 0 saturated heterocycles. The summed E-state index contributed by atoms with van der Waals surface area (Å²) in [5, 5.41) is 12.5. The molecule has 0 fully saturated rings. The first-order valence-corrected chi connectivity index (χ1v) is 12.0. The molecule has 0 atom stereocenters. The van der Waals surface area contributed by atoms with Crippen molar-refractivity contribution in [1.82, 2.24) is 14.8 Å². The normalized spacial score (nSPS) is 12.8. The van der Waals surface area contributed by atoms with Crippen molar-refractivity contribution in [3.63, 3.8) is 0 Å². The third-order valence-electron chi connectivity index (χ3n) is 5.98. The number of carbonyl (C=O) groups excluding carboxylic acids is 4. The van der Waals surface area contributed by atoms with Gasteiger partial charge in [0.25, 0.3) is 11.8 Å². The van der Waals surface area contributed by atoms with Gasteiger partial charge in [-0.25, -0.2) is 9.59 Å². The number of nitrogens with zero attached hydrogens (tertiary/aromatic N) is 5. The Morgan fingerprint density at radius 2 is 1.69 bits per heavy atom. The van der Waals surface area contributed by atoms with Gasteiger partial charge < -0.3 is 14.4 Å². The third kappa shape index (κ3) is 6.18. The van der Waals surface area contributed by atoms with Crippen molar-refractivity contribution in [1.29, 1.82) is 0 Å². The summed E-state index contributed by atoms with van der Waals surface area (Å²) in [6, 6.07) is 15.2. The number of methoxy groups -OCH3 is 1. The van der Waals surface area contributed by atoms with Crippen LogP contribution in [0.2, 0.25) is 0 Å². The van der Waals surface area contributed by atoms with Crippen molar-refractivity contribution in [2.45, 2.75) is 6.61 Å². The number of anilines is 1. The highest BCUT2D eigenvalue weighted by Crippen LogP contribution is 2.33. The molecule has 3 aromatic carbocycles. The van der Waals surface area contributed by atoms with Crippen molar-refractivity contribution >= 4 is 46.1 Å². The molecule has 3 aromatic rings. The molecular formula is C27H28N6O6. The SMILES string of the molecule is COC(=O)N(C)N=Nc1ccc(COC(=O)Nc2cc3c4c(cccc4c2)C(=O)N(CCN(C)C)C3=O)cc1. The average Bonchev–Trinajstić information content (AvgIpc) is 2.93. The molecule has 4 rings (SSSR count). The Balaban J connectivity index is 1.43. The predicted molar refractivity (Wildman–Crippen MR) is 143 cm³/mol. The average molecular weight is 533 g/mol. The zero-order chi connectivity index (χ0) is 28.1. The zero-order valence-electron chi connectivity index (χ0n) is 22.0. The van der Waals surface area contributed by atoms with E-state index in [0.717, 1.165) is 5.01 Å². The fraction of sp³-hybridized carbons (Fsp3) is 0.259. The Bertz CT molecular complexity index is 1450. The number of benzene rings is 3. The van der Waals surface area contributed by atoms with E-state index in [1.807, 2.05) is 19.0 Å². The van der Waals surface area contributed by atoms with Crippen molar-refractivity contribution in [2.75, 3.05) is 46.7 Å². The van der Waals surface area contributed by atoms with Crippen LogP contribution in [0.15, 0.2) is 64.9 Å². The molecule has 0 unspecified atom stereocenters. The maximum absolute atomic E-state index is 13.2. The van der Waals surface area contributed by atoms with Crippen LogP contribution in [-0.2, 0) is 16.1 Å². The minimum absolute atomic E-state index is 0.0123. The summed E-state index contributed by atoms with van der Waals surface area (Å²) in [6.07, 6.45) is -1.35. The van der Waals surface area contributed by atoms with Gasteiger partial charge in [-0.3, -0.25) is 19.8 Å². The molecule has 1 aliphatic rings. The quantitative estimate of drug-likeness (QED) is 0.258. The number of rotatable bonds is 8. The summed E-state index contributed by atoms with van der Waals surface area (Å²) in [6.45, 7) is 0.769. The number of hydrogen-bond acceptors (Lipinski definition) is 9. The van der Waals surface area contributed by atoms with Crippen LogP contribution in [-0.4, -0.2) is 80.2 Å². The molecule has 0 aliphatic carbocycles. The predicted octanol–water partition coefficient (Wildman–Crippen LogP) is 4.44. The standard InChI is InChI=1S/C27H28N6O6/c1-31(2)12-13-33-24(34)21-7-5-6-18-14-20(15-22(23(18)21)25(33)35)28-26(36)39-16-17-8-10-19(11-9-17)29-30-32(3)27(37)38-4/h5-11,14-15H,12-13,16H2,1-4H3,(H,28,36). The number of imide groups is 1. The summed E-state index contributed by atoms with van der Waals surface area (Å²) in [5.74, 6) is -0.736. The summed E-state index contributed by atoms with van der Waals surface area (Å²) in [4.78, 5) is 53.2. The summed E-state index contributed by atoms with van der Waals surface area (Å²) in [7, 11) is 6.39. The number of ether oxygens (including phenoxy) is 2. The first kappa shape index (κ1) is 27.2. The Kier molecular flexibility index (Phi) is 8.15. The molecule has 1 heterocycles. The van der Waals surface area contributed by atoms with E-state index in [4.69, 9.17) is 4.74 Å².